The molecule has 7 nitrogen and oxygen atoms in total. The summed E-state index contributed by atoms with van der Waals surface area (Å²) >= 11 is 0. The standard InChI is InChI=1S/C18H24N2O5S/c21-17(15-8-4-5-9-16(15)18(22)23)19-10-12-20(13-11-19)26(24,25)14-6-2-1-3-7-14/h1-3,6-7,15-16H,4-5,8-13H2,(H,22,23). The molecule has 3 rings (SSSR count). The van der Waals surface area contributed by atoms with Crippen molar-refractivity contribution in [1.82, 2.24) is 9.21 Å². The molecule has 8 heteroatoms. The fourth-order valence-corrected chi connectivity index (χ4v) is 5.29. The third-order valence-corrected chi connectivity index (χ3v) is 7.24. The third-order valence-electron chi connectivity index (χ3n) is 5.33. The molecule has 2 fully saturated rings. The Morgan fingerprint density at radius 2 is 1.50 bits per heavy atom. The molecule has 2 atom stereocenters. The van der Waals surface area contributed by atoms with Crippen molar-refractivity contribution >= 4 is 21.9 Å². The van der Waals surface area contributed by atoms with Gasteiger partial charge >= 0.3 is 5.97 Å². The summed E-state index contributed by atoms with van der Waals surface area (Å²) in [5, 5.41) is 9.37. The Morgan fingerprint density at radius 3 is 2.08 bits per heavy atom. The van der Waals surface area contributed by atoms with Crippen LogP contribution in [0.25, 0.3) is 0 Å². The molecule has 1 saturated heterocycles. The van der Waals surface area contributed by atoms with Crippen LogP contribution in [0.2, 0.25) is 0 Å². The highest BCUT2D eigenvalue weighted by atomic mass is 32.2. The van der Waals surface area contributed by atoms with Gasteiger partial charge in [-0.1, -0.05) is 31.0 Å². The van der Waals surface area contributed by atoms with Gasteiger partial charge in [-0.2, -0.15) is 4.31 Å². The van der Waals surface area contributed by atoms with Gasteiger partial charge in [0.1, 0.15) is 0 Å². The summed E-state index contributed by atoms with van der Waals surface area (Å²) in [5.74, 6) is -2.16. The van der Waals surface area contributed by atoms with Gasteiger partial charge in [-0.25, -0.2) is 8.42 Å². The van der Waals surface area contributed by atoms with Gasteiger partial charge in [0.05, 0.1) is 16.7 Å². The second kappa shape index (κ2) is 7.75. The van der Waals surface area contributed by atoms with Crippen molar-refractivity contribution < 1.29 is 23.1 Å². The van der Waals surface area contributed by atoms with Crippen molar-refractivity contribution in [3.05, 3.63) is 30.3 Å². The lowest BCUT2D eigenvalue weighted by Gasteiger charge is -2.37. The van der Waals surface area contributed by atoms with Crippen molar-refractivity contribution in [1.29, 1.82) is 0 Å². The zero-order valence-corrected chi connectivity index (χ0v) is 15.4. The minimum atomic E-state index is -3.56. The van der Waals surface area contributed by atoms with Crippen LogP contribution in [0.15, 0.2) is 35.2 Å². The lowest BCUT2D eigenvalue weighted by molar-refractivity contribution is -0.152. The van der Waals surface area contributed by atoms with Crippen molar-refractivity contribution in [2.24, 2.45) is 11.8 Å². The van der Waals surface area contributed by atoms with E-state index in [1.54, 1.807) is 35.2 Å². The van der Waals surface area contributed by atoms with E-state index >= 15 is 0 Å². The number of carbonyl (C=O) groups is 2. The molecule has 1 N–H and O–H groups in total. The monoisotopic (exact) mass is 380 g/mol. The number of piperazine rings is 1. The zero-order chi connectivity index (χ0) is 18.7. The van der Waals surface area contributed by atoms with Crippen LogP contribution in [0.4, 0.5) is 0 Å². The van der Waals surface area contributed by atoms with Gasteiger partial charge in [0.15, 0.2) is 0 Å². The molecule has 0 bridgehead atoms. The van der Waals surface area contributed by atoms with Crippen LogP contribution < -0.4 is 0 Å². The molecule has 26 heavy (non-hydrogen) atoms. The molecule has 1 amide bonds. The van der Waals surface area contributed by atoms with E-state index in [0.717, 1.165) is 12.8 Å². The van der Waals surface area contributed by atoms with Crippen LogP contribution in [-0.4, -0.2) is 60.8 Å². The second-order valence-corrected chi connectivity index (χ2v) is 8.82. The van der Waals surface area contributed by atoms with Gasteiger partial charge in [0.2, 0.25) is 15.9 Å². The fourth-order valence-electron chi connectivity index (χ4n) is 3.85. The average Bonchev–Trinajstić information content (AvgIpc) is 2.68. The van der Waals surface area contributed by atoms with E-state index in [0.29, 0.717) is 25.9 Å². The van der Waals surface area contributed by atoms with Gasteiger partial charge < -0.3 is 10.0 Å². The van der Waals surface area contributed by atoms with Crippen LogP contribution >= 0.6 is 0 Å². The predicted molar refractivity (Wildman–Crippen MR) is 94.9 cm³/mol. The van der Waals surface area contributed by atoms with Gasteiger partial charge in [-0.15, -0.1) is 0 Å². The summed E-state index contributed by atoms with van der Waals surface area (Å²) in [4.78, 5) is 26.1. The summed E-state index contributed by atoms with van der Waals surface area (Å²) in [6, 6.07) is 8.25. The number of nitrogens with zero attached hydrogens (tertiary/aromatic N) is 2. The molecule has 1 aromatic carbocycles. The number of benzene rings is 1. The van der Waals surface area contributed by atoms with Gasteiger partial charge in [0, 0.05) is 26.2 Å². The number of aliphatic carboxylic acids is 1. The van der Waals surface area contributed by atoms with E-state index in [4.69, 9.17) is 0 Å². The fraction of sp³-hybridized carbons (Fsp3) is 0.556. The molecule has 1 aliphatic heterocycles. The Kier molecular flexibility index (Phi) is 5.62. The first kappa shape index (κ1) is 18.8. The molecule has 0 spiro atoms. The molecule has 0 aromatic heterocycles. The van der Waals surface area contributed by atoms with Gasteiger partial charge in [0.25, 0.3) is 0 Å². The number of rotatable bonds is 4. The predicted octanol–water partition coefficient (Wildman–Crippen LogP) is 1.41. The normalized spacial score (nSPS) is 25.0. The largest absolute Gasteiger partial charge is 0.481 e. The molecular formula is C18H24N2O5S. The Bertz CT molecular complexity index is 757. The van der Waals surface area contributed by atoms with Crippen LogP contribution in [-0.2, 0) is 19.6 Å². The van der Waals surface area contributed by atoms with E-state index < -0.39 is 27.8 Å². The highest BCUT2D eigenvalue weighted by molar-refractivity contribution is 7.89. The zero-order valence-electron chi connectivity index (χ0n) is 14.6. The molecule has 0 radical (unpaired) electrons. The Hall–Kier alpha value is -1.93. The van der Waals surface area contributed by atoms with E-state index in [2.05, 4.69) is 0 Å². The molecule has 1 heterocycles. The first-order valence-corrected chi connectivity index (χ1v) is 10.4. The summed E-state index contributed by atoms with van der Waals surface area (Å²) in [6.45, 7) is 1.06. The smallest absolute Gasteiger partial charge is 0.307 e. The first-order valence-electron chi connectivity index (χ1n) is 8.98. The van der Waals surface area contributed by atoms with E-state index in [1.807, 2.05) is 0 Å². The molecule has 2 unspecified atom stereocenters. The molecule has 2 aliphatic rings. The highest BCUT2D eigenvalue weighted by Gasteiger charge is 2.39. The van der Waals surface area contributed by atoms with Crippen LogP contribution in [0.3, 0.4) is 0 Å². The molecule has 1 aromatic rings. The maximum atomic E-state index is 12.8. The van der Waals surface area contributed by atoms with E-state index in [1.165, 1.54) is 4.31 Å². The van der Waals surface area contributed by atoms with Crippen LogP contribution in [0.1, 0.15) is 25.7 Å². The Morgan fingerprint density at radius 1 is 0.923 bits per heavy atom. The lowest BCUT2D eigenvalue weighted by atomic mass is 9.78. The van der Waals surface area contributed by atoms with Crippen LogP contribution in [0.5, 0.6) is 0 Å². The summed E-state index contributed by atoms with van der Waals surface area (Å²) in [6.07, 6.45) is 2.83. The number of carboxylic acids is 1. The average molecular weight is 380 g/mol. The SMILES string of the molecule is O=C(O)C1CCCCC1C(=O)N1CCN(S(=O)(=O)c2ccccc2)CC1. The van der Waals surface area contributed by atoms with Gasteiger partial charge in [-0.3, -0.25) is 9.59 Å². The minimum Gasteiger partial charge on any atom is -0.481 e. The summed E-state index contributed by atoms with van der Waals surface area (Å²) < 4.78 is 26.7. The second-order valence-electron chi connectivity index (χ2n) is 6.88. The van der Waals surface area contributed by atoms with Crippen molar-refractivity contribution in [2.75, 3.05) is 26.2 Å². The van der Waals surface area contributed by atoms with Gasteiger partial charge in [-0.05, 0) is 25.0 Å². The maximum absolute atomic E-state index is 12.8. The Balaban J connectivity index is 1.65. The van der Waals surface area contributed by atoms with Crippen molar-refractivity contribution in [3.63, 3.8) is 0 Å². The maximum Gasteiger partial charge on any atom is 0.307 e. The number of sulfonamides is 1. The topological polar surface area (TPSA) is 95.0 Å². The number of hydrogen-bond donors (Lipinski definition) is 1. The first-order chi connectivity index (χ1) is 12.4. The number of carboxylic acid groups (broad SMARTS) is 1. The Labute approximate surface area is 153 Å². The van der Waals surface area contributed by atoms with Crippen LogP contribution in [0, 0.1) is 11.8 Å². The lowest BCUT2D eigenvalue weighted by Crippen LogP contribution is -2.53. The molecule has 142 valence electrons. The molecular weight excluding hydrogens is 356 g/mol. The molecule has 1 saturated carbocycles. The number of carbonyl (C=O) groups excluding carboxylic acids is 1. The van der Waals surface area contributed by atoms with E-state index in [-0.39, 0.29) is 23.9 Å². The highest BCUT2D eigenvalue weighted by Crippen LogP contribution is 2.32. The molecule has 1 aliphatic carbocycles. The minimum absolute atomic E-state index is 0.145. The number of hydrogen-bond acceptors (Lipinski definition) is 4. The van der Waals surface area contributed by atoms with Crippen molar-refractivity contribution in [3.8, 4) is 0 Å². The quantitative estimate of drug-likeness (QED) is 0.852. The third kappa shape index (κ3) is 3.76. The summed E-state index contributed by atoms with van der Waals surface area (Å²) in [7, 11) is -3.56. The summed E-state index contributed by atoms with van der Waals surface area (Å²) in [5.41, 5.74) is 0. The van der Waals surface area contributed by atoms with E-state index in [9.17, 15) is 23.1 Å². The number of amides is 1. The van der Waals surface area contributed by atoms with Crippen molar-refractivity contribution in [2.45, 2.75) is 30.6 Å².